The average Bonchev–Trinajstić information content (AvgIpc) is 3.04. The van der Waals surface area contributed by atoms with Crippen LogP contribution in [0.5, 0.6) is 0 Å². The van der Waals surface area contributed by atoms with E-state index in [1.807, 2.05) is 0 Å². The highest BCUT2D eigenvalue weighted by molar-refractivity contribution is 5.97. The van der Waals surface area contributed by atoms with Crippen LogP contribution in [0.3, 0.4) is 0 Å². The first-order valence-electron chi connectivity index (χ1n) is 7.32. The number of hydrogen-bond acceptors (Lipinski definition) is 4. The summed E-state index contributed by atoms with van der Waals surface area (Å²) in [6.07, 6.45) is 4.87. The Hall–Kier alpha value is -1.82. The van der Waals surface area contributed by atoms with E-state index in [9.17, 15) is 9.59 Å². The van der Waals surface area contributed by atoms with Gasteiger partial charge in [0.2, 0.25) is 5.91 Å². The Morgan fingerprint density at radius 3 is 2.81 bits per heavy atom. The number of nitrogens with one attached hydrogen (secondary N) is 2. The minimum absolute atomic E-state index is 0.0684. The van der Waals surface area contributed by atoms with Gasteiger partial charge in [-0.2, -0.15) is 0 Å². The predicted molar refractivity (Wildman–Crippen MR) is 78.0 cm³/mol. The number of hydrogen-bond donors (Lipinski definition) is 2. The third-order valence-electron chi connectivity index (χ3n) is 4.77. The number of aryl methyl sites for hydroxylation is 1. The van der Waals surface area contributed by atoms with Crippen molar-refractivity contribution in [1.82, 2.24) is 9.88 Å². The van der Waals surface area contributed by atoms with Gasteiger partial charge in [-0.3, -0.25) is 4.79 Å². The number of piperidine rings is 1. The second kappa shape index (κ2) is 5.18. The number of amides is 1. The quantitative estimate of drug-likeness (QED) is 0.819. The van der Waals surface area contributed by atoms with Crippen LogP contribution in [-0.4, -0.2) is 36.6 Å². The van der Waals surface area contributed by atoms with Gasteiger partial charge in [0, 0.05) is 19.2 Å². The van der Waals surface area contributed by atoms with Crippen LogP contribution >= 0.6 is 0 Å². The van der Waals surface area contributed by atoms with Crippen molar-refractivity contribution in [3.05, 3.63) is 18.0 Å². The number of methoxy groups -OCH3 is 1. The predicted octanol–water partition coefficient (Wildman–Crippen LogP) is 1.14. The first-order valence-corrected chi connectivity index (χ1v) is 7.32. The number of carbonyl (C=O) groups excluding carboxylic acids is 2. The zero-order chi connectivity index (χ0) is 15.0. The maximum Gasteiger partial charge on any atom is 0.354 e. The number of carbonyl (C=O) groups is 2. The van der Waals surface area contributed by atoms with Crippen LogP contribution in [0.4, 0.5) is 5.69 Å². The summed E-state index contributed by atoms with van der Waals surface area (Å²) in [5.41, 5.74) is 1.30. The molecule has 2 N–H and O–H groups in total. The van der Waals surface area contributed by atoms with Crippen molar-refractivity contribution < 1.29 is 14.3 Å². The lowest BCUT2D eigenvalue weighted by molar-refractivity contribution is -0.118. The van der Waals surface area contributed by atoms with Crippen LogP contribution in [-0.2, 0) is 16.6 Å². The number of anilines is 1. The van der Waals surface area contributed by atoms with E-state index in [1.165, 1.54) is 7.11 Å². The summed E-state index contributed by atoms with van der Waals surface area (Å²) in [4.78, 5) is 23.9. The molecule has 2 aliphatic rings. The largest absolute Gasteiger partial charge is 0.464 e. The maximum absolute atomic E-state index is 12.4. The second-order valence-corrected chi connectivity index (χ2v) is 6.07. The topological polar surface area (TPSA) is 72.4 Å². The third kappa shape index (κ3) is 2.55. The van der Waals surface area contributed by atoms with Gasteiger partial charge >= 0.3 is 5.97 Å². The molecule has 2 heterocycles. The van der Waals surface area contributed by atoms with Gasteiger partial charge in [0.1, 0.15) is 5.69 Å². The molecule has 2 fully saturated rings. The highest BCUT2D eigenvalue weighted by atomic mass is 16.5. The molecule has 1 saturated carbocycles. The molecule has 6 nitrogen and oxygen atoms in total. The van der Waals surface area contributed by atoms with E-state index in [0.717, 1.165) is 32.4 Å². The van der Waals surface area contributed by atoms with Gasteiger partial charge in [0.05, 0.1) is 12.8 Å². The van der Waals surface area contributed by atoms with E-state index in [2.05, 4.69) is 10.6 Å². The van der Waals surface area contributed by atoms with Gasteiger partial charge in [-0.25, -0.2) is 4.79 Å². The van der Waals surface area contributed by atoms with E-state index in [0.29, 0.717) is 11.4 Å². The minimum Gasteiger partial charge on any atom is -0.464 e. The molecular formula is C15H21N3O3. The summed E-state index contributed by atoms with van der Waals surface area (Å²) in [6, 6.07) is 1.65. The lowest BCUT2D eigenvalue weighted by atomic mass is 9.92. The molecule has 1 unspecified atom stereocenters. The fourth-order valence-corrected chi connectivity index (χ4v) is 3.37. The Labute approximate surface area is 123 Å². The zero-order valence-corrected chi connectivity index (χ0v) is 12.4. The number of ether oxygens (including phenoxy) is 1. The summed E-state index contributed by atoms with van der Waals surface area (Å²) < 4.78 is 6.37. The fourth-order valence-electron chi connectivity index (χ4n) is 3.37. The van der Waals surface area contributed by atoms with E-state index < -0.39 is 5.97 Å². The molecule has 1 aliphatic heterocycles. The van der Waals surface area contributed by atoms with Crippen LogP contribution in [0.2, 0.25) is 0 Å². The first-order chi connectivity index (χ1) is 10.1. The smallest absolute Gasteiger partial charge is 0.354 e. The molecule has 1 saturated heterocycles. The average molecular weight is 291 g/mol. The van der Waals surface area contributed by atoms with Gasteiger partial charge in [-0.05, 0) is 43.8 Å². The molecule has 1 aliphatic carbocycles. The molecule has 3 rings (SSSR count). The Balaban J connectivity index is 1.65. The highest BCUT2D eigenvalue weighted by Gasteiger charge is 2.57. The zero-order valence-electron chi connectivity index (χ0n) is 12.4. The van der Waals surface area contributed by atoms with Gasteiger partial charge in [-0.1, -0.05) is 0 Å². The first kappa shape index (κ1) is 14.1. The third-order valence-corrected chi connectivity index (χ3v) is 4.77. The van der Waals surface area contributed by atoms with Crippen molar-refractivity contribution in [2.75, 3.05) is 25.5 Å². The summed E-state index contributed by atoms with van der Waals surface area (Å²) in [6.45, 7) is 2.00. The molecule has 1 spiro atoms. The van der Waals surface area contributed by atoms with Gasteiger partial charge < -0.3 is 19.9 Å². The normalized spacial score (nSPS) is 22.9. The SMILES string of the molecule is COC(=O)c1cc(NC(=O)C2CC23CCNCC3)cn1C. The number of rotatable bonds is 3. The maximum atomic E-state index is 12.4. The summed E-state index contributed by atoms with van der Waals surface area (Å²) >= 11 is 0. The number of nitrogens with zero attached hydrogens (tertiary/aromatic N) is 1. The van der Waals surface area contributed by atoms with E-state index in [1.54, 1.807) is 23.9 Å². The molecule has 1 atom stereocenters. The van der Waals surface area contributed by atoms with Crippen molar-refractivity contribution >= 4 is 17.6 Å². The molecule has 0 bridgehead atoms. The minimum atomic E-state index is -0.403. The van der Waals surface area contributed by atoms with Crippen LogP contribution < -0.4 is 10.6 Å². The fraction of sp³-hybridized carbons (Fsp3) is 0.600. The van der Waals surface area contributed by atoms with Crippen molar-refractivity contribution in [3.63, 3.8) is 0 Å². The molecule has 114 valence electrons. The lowest BCUT2D eigenvalue weighted by Crippen LogP contribution is -2.31. The summed E-state index contributed by atoms with van der Waals surface area (Å²) in [5.74, 6) is -0.223. The van der Waals surface area contributed by atoms with E-state index in [-0.39, 0.29) is 17.2 Å². The summed E-state index contributed by atoms with van der Waals surface area (Å²) in [5, 5.41) is 6.26. The molecule has 6 heteroatoms. The Kier molecular flexibility index (Phi) is 3.49. The van der Waals surface area contributed by atoms with Crippen LogP contribution in [0.25, 0.3) is 0 Å². The van der Waals surface area contributed by atoms with Crippen LogP contribution in [0, 0.1) is 11.3 Å². The molecule has 1 amide bonds. The molecule has 0 aromatic carbocycles. The molecule has 21 heavy (non-hydrogen) atoms. The van der Waals surface area contributed by atoms with Crippen LogP contribution in [0.1, 0.15) is 29.8 Å². The van der Waals surface area contributed by atoms with Gasteiger partial charge in [0.15, 0.2) is 0 Å². The highest BCUT2D eigenvalue weighted by Crippen LogP contribution is 2.58. The molecule has 1 aromatic heterocycles. The molecule has 1 aromatic rings. The Morgan fingerprint density at radius 2 is 2.14 bits per heavy atom. The second-order valence-electron chi connectivity index (χ2n) is 6.07. The molecule has 0 radical (unpaired) electrons. The van der Waals surface area contributed by atoms with Gasteiger partial charge in [0.25, 0.3) is 0 Å². The van der Waals surface area contributed by atoms with Gasteiger partial charge in [-0.15, -0.1) is 0 Å². The number of aromatic nitrogens is 1. The van der Waals surface area contributed by atoms with Crippen molar-refractivity contribution in [1.29, 1.82) is 0 Å². The van der Waals surface area contributed by atoms with Crippen molar-refractivity contribution in [3.8, 4) is 0 Å². The number of esters is 1. The van der Waals surface area contributed by atoms with Crippen molar-refractivity contribution in [2.24, 2.45) is 18.4 Å². The van der Waals surface area contributed by atoms with E-state index >= 15 is 0 Å². The molecular weight excluding hydrogens is 270 g/mol. The Morgan fingerprint density at radius 1 is 1.43 bits per heavy atom. The summed E-state index contributed by atoms with van der Waals surface area (Å²) in [7, 11) is 3.10. The van der Waals surface area contributed by atoms with Crippen LogP contribution in [0.15, 0.2) is 12.3 Å². The monoisotopic (exact) mass is 291 g/mol. The van der Waals surface area contributed by atoms with Crippen molar-refractivity contribution in [2.45, 2.75) is 19.3 Å². The standard InChI is InChI=1S/C15H21N3O3/c1-18-9-10(7-12(18)14(20)21-2)17-13(19)11-8-15(11)3-5-16-6-4-15/h7,9,11,16H,3-6,8H2,1-2H3,(H,17,19). The lowest BCUT2D eigenvalue weighted by Gasteiger charge is -2.23. The Bertz CT molecular complexity index is 573. The van der Waals surface area contributed by atoms with E-state index in [4.69, 9.17) is 4.74 Å².